The van der Waals surface area contributed by atoms with Crippen LogP contribution in [0.4, 0.5) is 0 Å². The van der Waals surface area contributed by atoms with Gasteiger partial charge in [0.25, 0.3) is 0 Å². The Bertz CT molecular complexity index is 440. The topological polar surface area (TPSA) is 54.2 Å². The third-order valence-electron chi connectivity index (χ3n) is 3.51. The van der Waals surface area contributed by atoms with Crippen LogP contribution in [0.5, 0.6) is 0 Å². The molecule has 0 aliphatic heterocycles. The molecule has 0 aliphatic rings. The Morgan fingerprint density at radius 2 is 1.90 bits per heavy atom. The van der Waals surface area contributed by atoms with E-state index in [2.05, 4.69) is 41.5 Å². The van der Waals surface area contributed by atoms with Gasteiger partial charge in [-0.2, -0.15) is 5.10 Å². The number of aliphatic imine (C=N–C) groups is 1. The molecule has 21 heavy (non-hydrogen) atoms. The molecule has 1 heterocycles. The number of hydrogen-bond acceptors (Lipinski definition) is 2. The smallest absolute Gasteiger partial charge is 0.191 e. The number of rotatable bonds is 7. The highest BCUT2D eigenvalue weighted by Gasteiger charge is 2.13. The van der Waals surface area contributed by atoms with E-state index in [4.69, 9.17) is 0 Å². The van der Waals surface area contributed by atoms with Crippen LogP contribution in [0, 0.1) is 0 Å². The van der Waals surface area contributed by atoms with Gasteiger partial charge in [-0.15, -0.1) is 24.0 Å². The van der Waals surface area contributed by atoms with Crippen LogP contribution in [0.2, 0.25) is 0 Å². The van der Waals surface area contributed by atoms with Gasteiger partial charge in [-0.1, -0.05) is 27.2 Å². The number of halogens is 1. The van der Waals surface area contributed by atoms with Crippen molar-refractivity contribution in [2.75, 3.05) is 13.6 Å². The van der Waals surface area contributed by atoms with E-state index in [1.807, 2.05) is 18.8 Å². The van der Waals surface area contributed by atoms with Gasteiger partial charge in [0, 0.05) is 38.4 Å². The van der Waals surface area contributed by atoms with E-state index in [9.17, 15) is 0 Å². The molecule has 0 amide bonds. The molecule has 0 saturated carbocycles. The monoisotopic (exact) mass is 407 g/mol. The summed E-state index contributed by atoms with van der Waals surface area (Å²) in [5, 5.41) is 11.3. The molecule has 0 unspecified atom stereocenters. The van der Waals surface area contributed by atoms with E-state index < -0.39 is 0 Å². The zero-order valence-corrected chi connectivity index (χ0v) is 16.3. The minimum Gasteiger partial charge on any atom is -0.356 e. The van der Waals surface area contributed by atoms with Gasteiger partial charge in [-0.25, -0.2) is 0 Å². The molecule has 0 aromatic carbocycles. The summed E-state index contributed by atoms with van der Waals surface area (Å²) >= 11 is 0. The number of guanidine groups is 1. The number of unbranched alkanes of at least 4 members (excludes halogenated alkanes) is 1. The molecule has 0 bridgehead atoms. The number of aromatic nitrogens is 2. The SMILES string of the molecule is CCCCNC(=NC)NCc1c(CC)nn(C)c1CC.I. The Morgan fingerprint density at radius 3 is 2.43 bits per heavy atom. The van der Waals surface area contributed by atoms with Gasteiger partial charge in [0.2, 0.25) is 0 Å². The quantitative estimate of drug-likeness (QED) is 0.316. The minimum atomic E-state index is 0. The Kier molecular flexibility index (Phi) is 10.5. The standard InChI is InChI=1S/C15H29N5.HI/c1-6-9-10-17-15(16-4)18-11-12-13(7-2)19-20(5)14(12)8-3;/h6-11H2,1-5H3,(H2,16,17,18);1H. The number of aryl methyl sites for hydroxylation is 2. The molecule has 1 aromatic heterocycles. The van der Waals surface area contributed by atoms with Crippen LogP contribution < -0.4 is 10.6 Å². The van der Waals surface area contributed by atoms with E-state index in [0.717, 1.165) is 38.3 Å². The average Bonchev–Trinajstić information content (AvgIpc) is 2.77. The van der Waals surface area contributed by atoms with Crippen LogP contribution in [0.1, 0.15) is 50.6 Å². The molecule has 0 radical (unpaired) electrons. The van der Waals surface area contributed by atoms with Gasteiger partial charge in [0.15, 0.2) is 5.96 Å². The van der Waals surface area contributed by atoms with Gasteiger partial charge in [0.1, 0.15) is 0 Å². The molecule has 5 nitrogen and oxygen atoms in total. The van der Waals surface area contributed by atoms with Gasteiger partial charge >= 0.3 is 0 Å². The molecule has 0 aliphatic carbocycles. The van der Waals surface area contributed by atoms with Crippen molar-refractivity contribution in [2.45, 2.75) is 53.0 Å². The van der Waals surface area contributed by atoms with Crippen LogP contribution in [0.15, 0.2) is 4.99 Å². The van der Waals surface area contributed by atoms with Crippen molar-refractivity contribution in [3.63, 3.8) is 0 Å². The number of nitrogens with one attached hydrogen (secondary N) is 2. The average molecular weight is 407 g/mol. The first-order valence-corrected chi connectivity index (χ1v) is 7.65. The lowest BCUT2D eigenvalue weighted by molar-refractivity contribution is 0.701. The maximum atomic E-state index is 4.60. The van der Waals surface area contributed by atoms with E-state index in [-0.39, 0.29) is 24.0 Å². The summed E-state index contributed by atoms with van der Waals surface area (Å²) in [6, 6.07) is 0. The van der Waals surface area contributed by atoms with Gasteiger partial charge < -0.3 is 10.6 Å². The number of nitrogens with zero attached hydrogens (tertiary/aromatic N) is 3. The molecule has 2 N–H and O–H groups in total. The molecular formula is C15H30IN5. The van der Waals surface area contributed by atoms with Gasteiger partial charge in [-0.3, -0.25) is 9.67 Å². The van der Waals surface area contributed by atoms with Crippen LogP contribution in [-0.2, 0) is 26.4 Å². The molecular weight excluding hydrogens is 377 g/mol. The normalized spacial score (nSPS) is 11.2. The maximum absolute atomic E-state index is 4.60. The van der Waals surface area contributed by atoms with Crippen LogP contribution in [-0.4, -0.2) is 29.3 Å². The Balaban J connectivity index is 0.00000400. The largest absolute Gasteiger partial charge is 0.356 e. The van der Waals surface area contributed by atoms with Crippen LogP contribution in [0.3, 0.4) is 0 Å². The summed E-state index contributed by atoms with van der Waals surface area (Å²) in [5.41, 5.74) is 3.80. The van der Waals surface area contributed by atoms with Crippen LogP contribution in [0.25, 0.3) is 0 Å². The summed E-state index contributed by atoms with van der Waals surface area (Å²) in [6.45, 7) is 8.26. The third-order valence-corrected chi connectivity index (χ3v) is 3.51. The minimum absolute atomic E-state index is 0. The Hall–Kier alpha value is -0.790. The number of hydrogen-bond donors (Lipinski definition) is 2. The van der Waals surface area contributed by atoms with E-state index in [1.54, 1.807) is 0 Å². The van der Waals surface area contributed by atoms with Crippen molar-refractivity contribution in [1.29, 1.82) is 0 Å². The van der Waals surface area contributed by atoms with Crippen molar-refractivity contribution in [3.8, 4) is 0 Å². The lowest BCUT2D eigenvalue weighted by atomic mass is 10.1. The molecule has 0 saturated heterocycles. The second-order valence-electron chi connectivity index (χ2n) is 4.91. The molecule has 1 rings (SSSR count). The van der Waals surface area contributed by atoms with E-state index >= 15 is 0 Å². The molecule has 1 aromatic rings. The van der Waals surface area contributed by atoms with Crippen molar-refractivity contribution < 1.29 is 0 Å². The highest BCUT2D eigenvalue weighted by molar-refractivity contribution is 14.0. The van der Waals surface area contributed by atoms with Crippen molar-refractivity contribution in [2.24, 2.45) is 12.0 Å². The predicted octanol–water partition coefficient (Wildman–Crippen LogP) is 2.63. The van der Waals surface area contributed by atoms with Gasteiger partial charge in [-0.05, 0) is 19.3 Å². The predicted molar refractivity (Wildman–Crippen MR) is 100 cm³/mol. The fourth-order valence-electron chi connectivity index (χ4n) is 2.37. The van der Waals surface area contributed by atoms with Gasteiger partial charge in [0.05, 0.1) is 5.69 Å². The fourth-order valence-corrected chi connectivity index (χ4v) is 2.37. The molecule has 122 valence electrons. The highest BCUT2D eigenvalue weighted by atomic mass is 127. The lowest BCUT2D eigenvalue weighted by Crippen LogP contribution is -2.37. The molecule has 0 atom stereocenters. The lowest BCUT2D eigenvalue weighted by Gasteiger charge is -2.12. The summed E-state index contributed by atoms with van der Waals surface area (Å²) < 4.78 is 2.00. The zero-order chi connectivity index (χ0) is 15.0. The summed E-state index contributed by atoms with van der Waals surface area (Å²) in [6.07, 6.45) is 4.32. The van der Waals surface area contributed by atoms with Crippen molar-refractivity contribution in [1.82, 2.24) is 20.4 Å². The van der Waals surface area contributed by atoms with E-state index in [0.29, 0.717) is 0 Å². The molecule has 0 fully saturated rings. The first-order chi connectivity index (χ1) is 9.67. The zero-order valence-electron chi connectivity index (χ0n) is 14.0. The first kappa shape index (κ1) is 20.2. The Labute approximate surface area is 146 Å². The third kappa shape index (κ3) is 5.84. The second kappa shape index (κ2) is 10.9. The highest BCUT2D eigenvalue weighted by Crippen LogP contribution is 2.15. The summed E-state index contributed by atoms with van der Waals surface area (Å²) in [4.78, 5) is 4.26. The van der Waals surface area contributed by atoms with Crippen molar-refractivity contribution >= 4 is 29.9 Å². The van der Waals surface area contributed by atoms with E-state index in [1.165, 1.54) is 23.4 Å². The summed E-state index contributed by atoms with van der Waals surface area (Å²) in [7, 11) is 3.84. The first-order valence-electron chi connectivity index (χ1n) is 7.65. The second-order valence-corrected chi connectivity index (χ2v) is 4.91. The summed E-state index contributed by atoms with van der Waals surface area (Å²) in [5.74, 6) is 0.867. The Morgan fingerprint density at radius 1 is 1.19 bits per heavy atom. The fraction of sp³-hybridized carbons (Fsp3) is 0.733. The molecule has 0 spiro atoms. The van der Waals surface area contributed by atoms with Crippen molar-refractivity contribution in [3.05, 3.63) is 17.0 Å². The molecule has 6 heteroatoms. The maximum Gasteiger partial charge on any atom is 0.191 e. The van der Waals surface area contributed by atoms with Crippen LogP contribution >= 0.6 is 24.0 Å².